The van der Waals surface area contributed by atoms with Gasteiger partial charge in [0.05, 0.1) is 13.2 Å². The van der Waals surface area contributed by atoms with Crippen molar-refractivity contribution in [2.45, 2.75) is 19.8 Å². The molecule has 2 aromatic rings. The lowest BCUT2D eigenvalue weighted by Crippen LogP contribution is -2.49. The first-order chi connectivity index (χ1) is 14.2. The minimum absolute atomic E-state index is 0.204. The molecule has 0 unspecified atom stereocenters. The molecule has 0 aromatic heterocycles. The average molecular weight is 417 g/mol. The highest BCUT2D eigenvalue weighted by Gasteiger charge is 2.21. The van der Waals surface area contributed by atoms with Crippen LogP contribution in [0.1, 0.15) is 24.5 Å². The molecular formula is C23H29ClN2O3. The molecule has 1 aliphatic rings. The molecule has 1 heterocycles. The van der Waals surface area contributed by atoms with Crippen molar-refractivity contribution in [2.24, 2.45) is 0 Å². The lowest BCUT2D eigenvalue weighted by atomic mass is 10.0. The summed E-state index contributed by atoms with van der Waals surface area (Å²) in [5.74, 6) is 0.894. The van der Waals surface area contributed by atoms with E-state index in [1.165, 1.54) is 5.56 Å². The van der Waals surface area contributed by atoms with Gasteiger partial charge in [0.1, 0.15) is 5.75 Å². The van der Waals surface area contributed by atoms with E-state index in [0.29, 0.717) is 13.2 Å². The Balaban J connectivity index is 1.44. The number of carbonyl (C=O) groups excluding carboxylic acids is 1. The second kappa shape index (κ2) is 11.1. The van der Waals surface area contributed by atoms with Gasteiger partial charge in [0.2, 0.25) is 0 Å². The first-order valence-electron chi connectivity index (χ1n) is 10.2. The number of halogens is 1. The molecule has 0 radical (unpaired) electrons. The van der Waals surface area contributed by atoms with Crippen LogP contribution in [0, 0.1) is 0 Å². The Morgan fingerprint density at radius 3 is 2.55 bits per heavy atom. The summed E-state index contributed by atoms with van der Waals surface area (Å²) < 4.78 is 11.1. The molecule has 6 heteroatoms. The molecule has 5 nitrogen and oxygen atoms in total. The second-order valence-corrected chi connectivity index (χ2v) is 7.58. The van der Waals surface area contributed by atoms with Gasteiger partial charge in [0.25, 0.3) is 0 Å². The van der Waals surface area contributed by atoms with Crippen LogP contribution in [0.25, 0.3) is 0 Å². The lowest BCUT2D eigenvalue weighted by molar-refractivity contribution is 0.0781. The average Bonchev–Trinajstić information content (AvgIpc) is 2.74. The van der Waals surface area contributed by atoms with Crippen LogP contribution in [0.5, 0.6) is 5.75 Å². The zero-order valence-corrected chi connectivity index (χ0v) is 17.7. The van der Waals surface area contributed by atoms with Crippen molar-refractivity contribution >= 4 is 17.7 Å². The standard InChI is InChI=1S/C23H29ClN2O3/c1-2-28-23(27)26-14-12-25(13-15-26)11-6-16-29-22-10-9-21(24)18-20(22)17-19-7-4-3-5-8-19/h3-5,7-10,18H,2,6,11-17H2,1H3. The zero-order valence-electron chi connectivity index (χ0n) is 17.0. The number of hydrogen-bond acceptors (Lipinski definition) is 4. The van der Waals surface area contributed by atoms with Gasteiger partial charge in [-0.25, -0.2) is 4.79 Å². The van der Waals surface area contributed by atoms with Crippen LogP contribution in [-0.2, 0) is 11.2 Å². The molecule has 0 atom stereocenters. The van der Waals surface area contributed by atoms with E-state index in [4.69, 9.17) is 21.1 Å². The van der Waals surface area contributed by atoms with Crippen molar-refractivity contribution in [3.05, 3.63) is 64.7 Å². The van der Waals surface area contributed by atoms with Crippen molar-refractivity contribution in [3.8, 4) is 5.75 Å². The summed E-state index contributed by atoms with van der Waals surface area (Å²) in [5.41, 5.74) is 2.34. The molecule has 0 N–H and O–H groups in total. The van der Waals surface area contributed by atoms with Crippen molar-refractivity contribution in [3.63, 3.8) is 0 Å². The number of nitrogens with zero attached hydrogens (tertiary/aromatic N) is 2. The van der Waals surface area contributed by atoms with E-state index in [9.17, 15) is 4.79 Å². The SMILES string of the molecule is CCOC(=O)N1CCN(CCCOc2ccc(Cl)cc2Cc2ccccc2)CC1. The number of carbonyl (C=O) groups is 1. The molecular weight excluding hydrogens is 388 g/mol. The van der Waals surface area contributed by atoms with E-state index >= 15 is 0 Å². The zero-order chi connectivity index (χ0) is 20.5. The van der Waals surface area contributed by atoms with Crippen LogP contribution >= 0.6 is 11.6 Å². The summed E-state index contributed by atoms with van der Waals surface area (Å²) in [7, 11) is 0. The van der Waals surface area contributed by atoms with Gasteiger partial charge in [-0.05, 0) is 42.7 Å². The van der Waals surface area contributed by atoms with Crippen molar-refractivity contribution in [1.82, 2.24) is 9.80 Å². The van der Waals surface area contributed by atoms with Gasteiger partial charge in [-0.15, -0.1) is 0 Å². The van der Waals surface area contributed by atoms with E-state index in [2.05, 4.69) is 17.0 Å². The molecule has 1 aliphatic heterocycles. The Labute approximate surface area is 178 Å². The van der Waals surface area contributed by atoms with Crippen molar-refractivity contribution < 1.29 is 14.3 Å². The van der Waals surface area contributed by atoms with E-state index in [1.807, 2.05) is 43.3 Å². The van der Waals surface area contributed by atoms with Gasteiger partial charge in [-0.3, -0.25) is 4.90 Å². The van der Waals surface area contributed by atoms with Crippen molar-refractivity contribution in [1.29, 1.82) is 0 Å². The number of hydrogen-bond donors (Lipinski definition) is 0. The summed E-state index contributed by atoms with van der Waals surface area (Å²) in [5, 5.41) is 0.725. The third-order valence-corrected chi connectivity index (χ3v) is 5.27. The molecule has 0 aliphatic carbocycles. The fraction of sp³-hybridized carbons (Fsp3) is 0.435. The molecule has 0 bridgehead atoms. The summed E-state index contributed by atoms with van der Waals surface area (Å²) in [6.07, 6.45) is 1.53. The minimum atomic E-state index is -0.204. The predicted octanol–water partition coefficient (Wildman–Crippen LogP) is 4.47. The fourth-order valence-electron chi connectivity index (χ4n) is 3.48. The van der Waals surface area contributed by atoms with Crippen LogP contribution in [0.15, 0.2) is 48.5 Å². The van der Waals surface area contributed by atoms with E-state index in [-0.39, 0.29) is 6.09 Å². The molecule has 0 saturated carbocycles. The number of benzene rings is 2. The highest BCUT2D eigenvalue weighted by molar-refractivity contribution is 6.30. The van der Waals surface area contributed by atoms with Crippen LogP contribution < -0.4 is 4.74 Å². The summed E-state index contributed by atoms with van der Waals surface area (Å²) in [6.45, 7) is 7.06. The van der Waals surface area contributed by atoms with E-state index in [0.717, 1.165) is 61.9 Å². The van der Waals surface area contributed by atoms with Crippen LogP contribution in [-0.4, -0.2) is 61.8 Å². The largest absolute Gasteiger partial charge is 0.493 e. The molecule has 2 aromatic carbocycles. The van der Waals surface area contributed by atoms with Crippen LogP contribution in [0.2, 0.25) is 5.02 Å². The summed E-state index contributed by atoms with van der Waals surface area (Å²) in [6, 6.07) is 16.1. The molecule has 0 spiro atoms. The van der Waals surface area contributed by atoms with Crippen molar-refractivity contribution in [2.75, 3.05) is 45.9 Å². The molecule has 1 saturated heterocycles. The number of amides is 1. The third kappa shape index (κ3) is 6.65. The minimum Gasteiger partial charge on any atom is -0.493 e. The number of rotatable bonds is 8. The predicted molar refractivity (Wildman–Crippen MR) is 116 cm³/mol. The maximum absolute atomic E-state index is 11.8. The quantitative estimate of drug-likeness (QED) is 0.595. The summed E-state index contributed by atoms with van der Waals surface area (Å²) in [4.78, 5) is 15.9. The second-order valence-electron chi connectivity index (χ2n) is 7.14. The highest BCUT2D eigenvalue weighted by atomic mass is 35.5. The molecule has 156 valence electrons. The monoisotopic (exact) mass is 416 g/mol. The summed E-state index contributed by atoms with van der Waals surface area (Å²) >= 11 is 6.20. The maximum atomic E-state index is 11.8. The Hall–Kier alpha value is -2.24. The first-order valence-corrected chi connectivity index (χ1v) is 10.6. The van der Waals surface area contributed by atoms with Gasteiger partial charge >= 0.3 is 6.09 Å². The lowest BCUT2D eigenvalue weighted by Gasteiger charge is -2.33. The van der Waals surface area contributed by atoms with Crippen LogP contribution in [0.3, 0.4) is 0 Å². The topological polar surface area (TPSA) is 42.0 Å². The Morgan fingerprint density at radius 2 is 1.83 bits per heavy atom. The molecule has 1 amide bonds. The normalized spacial score (nSPS) is 14.6. The number of piperazine rings is 1. The van der Waals surface area contributed by atoms with Crippen LogP contribution in [0.4, 0.5) is 4.79 Å². The maximum Gasteiger partial charge on any atom is 0.409 e. The van der Waals surface area contributed by atoms with Gasteiger partial charge < -0.3 is 14.4 Å². The Kier molecular flexibility index (Phi) is 8.20. The molecule has 1 fully saturated rings. The first kappa shape index (κ1) is 21.5. The smallest absolute Gasteiger partial charge is 0.409 e. The van der Waals surface area contributed by atoms with Gasteiger partial charge in [-0.1, -0.05) is 41.9 Å². The van der Waals surface area contributed by atoms with E-state index in [1.54, 1.807) is 4.90 Å². The Morgan fingerprint density at radius 1 is 1.07 bits per heavy atom. The molecule has 3 rings (SSSR count). The number of ether oxygens (including phenoxy) is 2. The van der Waals surface area contributed by atoms with Gasteiger partial charge in [-0.2, -0.15) is 0 Å². The third-order valence-electron chi connectivity index (χ3n) is 5.03. The van der Waals surface area contributed by atoms with E-state index < -0.39 is 0 Å². The van der Waals surface area contributed by atoms with Gasteiger partial charge in [0.15, 0.2) is 0 Å². The highest BCUT2D eigenvalue weighted by Crippen LogP contribution is 2.25. The van der Waals surface area contributed by atoms with Gasteiger partial charge in [0, 0.05) is 44.2 Å². The fourth-order valence-corrected chi connectivity index (χ4v) is 3.68. The Bertz CT molecular complexity index is 777. The molecule has 29 heavy (non-hydrogen) atoms.